The van der Waals surface area contributed by atoms with Crippen molar-refractivity contribution in [3.63, 3.8) is 0 Å². The van der Waals surface area contributed by atoms with Crippen molar-refractivity contribution in [1.29, 1.82) is 0 Å². The number of ether oxygens (including phenoxy) is 1. The Balaban J connectivity index is 1.96. The van der Waals surface area contributed by atoms with Crippen molar-refractivity contribution in [1.82, 2.24) is 5.32 Å². The largest absolute Gasteiger partial charge is 0.462 e. The van der Waals surface area contributed by atoms with E-state index in [0.29, 0.717) is 22.9 Å². The smallest absolute Gasteiger partial charge is 0.340 e. The van der Waals surface area contributed by atoms with Crippen LogP contribution in [0.5, 0.6) is 0 Å². The Morgan fingerprint density at radius 3 is 2.56 bits per heavy atom. The van der Waals surface area contributed by atoms with E-state index >= 15 is 0 Å². The van der Waals surface area contributed by atoms with Gasteiger partial charge in [-0.15, -0.1) is 0 Å². The Bertz CT molecular complexity index is 734. The van der Waals surface area contributed by atoms with E-state index in [4.69, 9.17) is 16.3 Å². The number of amides is 2. The van der Waals surface area contributed by atoms with E-state index < -0.39 is 12.0 Å². The molecule has 5 nitrogen and oxygen atoms in total. The molecular formula is C19H21ClN2O3. The first kappa shape index (κ1) is 18.8. The molecule has 0 aliphatic heterocycles. The summed E-state index contributed by atoms with van der Waals surface area (Å²) in [6.45, 7) is 2.67. The minimum absolute atomic E-state index is 0.286. The van der Waals surface area contributed by atoms with Crippen LogP contribution in [0.2, 0.25) is 5.02 Å². The number of unbranched alkanes of at least 4 members (excludes halogenated alkanes) is 1. The number of hydrogen-bond donors (Lipinski definition) is 2. The van der Waals surface area contributed by atoms with Gasteiger partial charge in [0, 0.05) is 11.6 Å². The van der Waals surface area contributed by atoms with Crippen LogP contribution in [0.4, 0.5) is 10.5 Å². The van der Waals surface area contributed by atoms with Crippen molar-refractivity contribution in [3.05, 3.63) is 64.7 Å². The van der Waals surface area contributed by atoms with Gasteiger partial charge in [-0.3, -0.25) is 0 Å². The van der Waals surface area contributed by atoms with Gasteiger partial charge in [0.2, 0.25) is 0 Å². The highest BCUT2D eigenvalue weighted by Gasteiger charge is 2.14. The first-order chi connectivity index (χ1) is 12.1. The van der Waals surface area contributed by atoms with Crippen LogP contribution in [0, 0.1) is 0 Å². The Hall–Kier alpha value is -2.53. The SMILES string of the molecule is CCCCOC(=O)c1ccccc1NC(=O)NCc1ccccc1Cl. The van der Waals surface area contributed by atoms with Crippen molar-refractivity contribution in [2.75, 3.05) is 11.9 Å². The Labute approximate surface area is 152 Å². The zero-order chi connectivity index (χ0) is 18.1. The molecule has 2 amide bonds. The van der Waals surface area contributed by atoms with E-state index in [9.17, 15) is 9.59 Å². The van der Waals surface area contributed by atoms with Crippen LogP contribution in [-0.4, -0.2) is 18.6 Å². The van der Waals surface area contributed by atoms with Gasteiger partial charge < -0.3 is 15.4 Å². The lowest BCUT2D eigenvalue weighted by molar-refractivity contribution is 0.0501. The first-order valence-electron chi connectivity index (χ1n) is 8.16. The molecule has 0 unspecified atom stereocenters. The molecule has 0 spiro atoms. The number of nitrogens with one attached hydrogen (secondary N) is 2. The summed E-state index contributed by atoms with van der Waals surface area (Å²) in [5.74, 6) is -0.449. The fourth-order valence-electron chi connectivity index (χ4n) is 2.14. The van der Waals surface area contributed by atoms with Crippen LogP contribution in [0.25, 0.3) is 0 Å². The molecule has 2 aromatic carbocycles. The molecule has 0 aliphatic rings. The lowest BCUT2D eigenvalue weighted by atomic mass is 10.2. The molecule has 2 N–H and O–H groups in total. The predicted molar refractivity (Wildman–Crippen MR) is 98.9 cm³/mol. The number of benzene rings is 2. The maximum Gasteiger partial charge on any atom is 0.340 e. The molecule has 0 heterocycles. The molecule has 2 rings (SSSR count). The topological polar surface area (TPSA) is 67.4 Å². The third-order valence-electron chi connectivity index (χ3n) is 3.52. The molecule has 2 aromatic rings. The van der Waals surface area contributed by atoms with Gasteiger partial charge in [-0.1, -0.05) is 55.3 Å². The fourth-order valence-corrected chi connectivity index (χ4v) is 2.34. The molecule has 0 atom stereocenters. The third kappa shape index (κ3) is 5.80. The molecule has 0 aromatic heterocycles. The van der Waals surface area contributed by atoms with Gasteiger partial charge in [0.05, 0.1) is 17.9 Å². The molecule has 0 saturated heterocycles. The second-order valence-corrected chi connectivity index (χ2v) is 5.84. The summed E-state index contributed by atoms with van der Waals surface area (Å²) in [5.41, 5.74) is 1.54. The summed E-state index contributed by atoms with van der Waals surface area (Å²) in [7, 11) is 0. The maximum absolute atomic E-state index is 12.1. The van der Waals surface area contributed by atoms with Gasteiger partial charge in [0.15, 0.2) is 0 Å². The number of para-hydroxylation sites is 1. The van der Waals surface area contributed by atoms with Crippen molar-refractivity contribution >= 4 is 29.3 Å². The van der Waals surface area contributed by atoms with Gasteiger partial charge in [-0.05, 0) is 30.2 Å². The van der Waals surface area contributed by atoms with Gasteiger partial charge in [0.25, 0.3) is 0 Å². The average molecular weight is 361 g/mol. The van der Waals surface area contributed by atoms with E-state index in [2.05, 4.69) is 10.6 Å². The lowest BCUT2D eigenvalue weighted by Gasteiger charge is -2.12. The van der Waals surface area contributed by atoms with Gasteiger partial charge >= 0.3 is 12.0 Å². The zero-order valence-electron chi connectivity index (χ0n) is 14.0. The number of esters is 1. The summed E-state index contributed by atoms with van der Waals surface area (Å²) in [6, 6.07) is 13.6. The Kier molecular flexibility index (Phi) is 7.29. The second kappa shape index (κ2) is 9.69. The van der Waals surface area contributed by atoms with Crippen LogP contribution < -0.4 is 10.6 Å². The number of halogens is 1. The fraction of sp³-hybridized carbons (Fsp3) is 0.263. The van der Waals surface area contributed by atoms with E-state index in [1.807, 2.05) is 25.1 Å². The molecule has 0 bridgehead atoms. The quantitative estimate of drug-likeness (QED) is 0.559. The highest BCUT2D eigenvalue weighted by molar-refractivity contribution is 6.31. The summed E-state index contributed by atoms with van der Waals surface area (Å²) < 4.78 is 5.21. The van der Waals surface area contributed by atoms with E-state index in [-0.39, 0.29) is 6.54 Å². The third-order valence-corrected chi connectivity index (χ3v) is 3.89. The summed E-state index contributed by atoms with van der Waals surface area (Å²) >= 11 is 6.06. The predicted octanol–water partition coefficient (Wildman–Crippen LogP) is 4.62. The molecular weight excluding hydrogens is 340 g/mol. The average Bonchev–Trinajstić information content (AvgIpc) is 2.61. The Morgan fingerprint density at radius 1 is 1.08 bits per heavy atom. The summed E-state index contributed by atoms with van der Waals surface area (Å²) in [4.78, 5) is 24.2. The number of rotatable bonds is 7. The number of urea groups is 1. The highest BCUT2D eigenvalue weighted by Crippen LogP contribution is 2.17. The highest BCUT2D eigenvalue weighted by atomic mass is 35.5. The monoisotopic (exact) mass is 360 g/mol. The van der Waals surface area contributed by atoms with Crippen molar-refractivity contribution in [2.24, 2.45) is 0 Å². The van der Waals surface area contributed by atoms with Crippen LogP contribution in [0.1, 0.15) is 35.7 Å². The van der Waals surface area contributed by atoms with Gasteiger partial charge in [-0.25, -0.2) is 9.59 Å². The number of anilines is 1. The first-order valence-corrected chi connectivity index (χ1v) is 8.54. The molecule has 132 valence electrons. The van der Waals surface area contributed by atoms with Crippen LogP contribution in [-0.2, 0) is 11.3 Å². The number of hydrogen-bond acceptors (Lipinski definition) is 3. The second-order valence-electron chi connectivity index (χ2n) is 5.43. The molecule has 0 aliphatic carbocycles. The van der Waals surface area contributed by atoms with Crippen LogP contribution >= 0.6 is 11.6 Å². The van der Waals surface area contributed by atoms with Crippen LogP contribution in [0.15, 0.2) is 48.5 Å². The molecule has 6 heteroatoms. The Morgan fingerprint density at radius 2 is 1.80 bits per heavy atom. The van der Waals surface area contributed by atoms with Gasteiger partial charge in [-0.2, -0.15) is 0 Å². The zero-order valence-corrected chi connectivity index (χ0v) is 14.8. The summed E-state index contributed by atoms with van der Waals surface area (Å²) in [6.07, 6.45) is 1.75. The minimum Gasteiger partial charge on any atom is -0.462 e. The lowest BCUT2D eigenvalue weighted by Crippen LogP contribution is -2.29. The standard InChI is InChI=1S/C19H21ClN2O3/c1-2-3-12-25-18(23)15-9-5-7-11-17(15)22-19(24)21-13-14-8-4-6-10-16(14)20/h4-11H,2-3,12-13H2,1H3,(H2,21,22,24). The number of carbonyl (C=O) groups is 2. The maximum atomic E-state index is 12.1. The minimum atomic E-state index is -0.449. The molecule has 0 saturated carbocycles. The van der Waals surface area contributed by atoms with E-state index in [0.717, 1.165) is 18.4 Å². The van der Waals surface area contributed by atoms with Gasteiger partial charge in [0.1, 0.15) is 0 Å². The number of carbonyl (C=O) groups excluding carboxylic acids is 2. The van der Waals surface area contributed by atoms with Crippen molar-refractivity contribution in [2.45, 2.75) is 26.3 Å². The van der Waals surface area contributed by atoms with E-state index in [1.165, 1.54) is 0 Å². The molecule has 0 radical (unpaired) electrons. The molecule has 25 heavy (non-hydrogen) atoms. The normalized spacial score (nSPS) is 10.2. The van der Waals surface area contributed by atoms with Crippen LogP contribution in [0.3, 0.4) is 0 Å². The van der Waals surface area contributed by atoms with Crippen molar-refractivity contribution in [3.8, 4) is 0 Å². The van der Waals surface area contributed by atoms with E-state index in [1.54, 1.807) is 30.3 Å². The van der Waals surface area contributed by atoms with Crippen molar-refractivity contribution < 1.29 is 14.3 Å². The summed E-state index contributed by atoms with van der Waals surface area (Å²) in [5, 5.41) is 5.98. The molecule has 0 fully saturated rings.